The van der Waals surface area contributed by atoms with Crippen LogP contribution in [0.25, 0.3) is 0 Å². The zero-order valence-electron chi connectivity index (χ0n) is 10.9. The minimum atomic E-state index is -0.232. The molecule has 4 heteroatoms. The summed E-state index contributed by atoms with van der Waals surface area (Å²) >= 11 is 0. The number of hydrogen-bond donors (Lipinski definition) is 2. The van der Waals surface area contributed by atoms with Gasteiger partial charge >= 0.3 is 0 Å². The Morgan fingerprint density at radius 1 is 1.25 bits per heavy atom. The Morgan fingerprint density at radius 2 is 1.94 bits per heavy atom. The number of aliphatic hydroxyl groups excluding tert-OH is 1. The minimum Gasteiger partial charge on any atom is -0.390 e. The predicted molar refractivity (Wildman–Crippen MR) is 67.7 cm³/mol. The number of hydrogen-bond acceptors (Lipinski definition) is 4. The quantitative estimate of drug-likeness (QED) is 0.583. The number of nitrogens with zero attached hydrogens (tertiary/aromatic N) is 2. The molecule has 1 aliphatic rings. The van der Waals surface area contributed by atoms with Gasteiger partial charge < -0.3 is 20.2 Å². The van der Waals surface area contributed by atoms with E-state index < -0.39 is 0 Å². The van der Waals surface area contributed by atoms with Crippen molar-refractivity contribution in [1.82, 2.24) is 15.1 Å². The molecule has 0 aromatic rings. The van der Waals surface area contributed by atoms with Gasteiger partial charge in [-0.2, -0.15) is 0 Å². The first-order chi connectivity index (χ1) is 7.58. The zero-order chi connectivity index (χ0) is 12.0. The highest BCUT2D eigenvalue weighted by molar-refractivity contribution is 4.82. The van der Waals surface area contributed by atoms with Crippen molar-refractivity contribution in [1.29, 1.82) is 0 Å². The van der Waals surface area contributed by atoms with Crippen LogP contribution in [0.4, 0.5) is 0 Å². The van der Waals surface area contributed by atoms with E-state index in [1.165, 1.54) is 12.8 Å². The third-order valence-electron chi connectivity index (χ3n) is 2.89. The molecule has 2 N–H and O–H groups in total. The molecule has 0 bridgehead atoms. The van der Waals surface area contributed by atoms with E-state index in [0.717, 1.165) is 32.6 Å². The topological polar surface area (TPSA) is 38.7 Å². The van der Waals surface area contributed by atoms with Crippen LogP contribution in [0.1, 0.15) is 19.3 Å². The van der Waals surface area contributed by atoms with Gasteiger partial charge in [-0.25, -0.2) is 0 Å². The summed E-state index contributed by atoms with van der Waals surface area (Å²) < 4.78 is 0. The van der Waals surface area contributed by atoms with Crippen LogP contribution in [-0.4, -0.2) is 74.4 Å². The van der Waals surface area contributed by atoms with E-state index in [1.54, 1.807) is 0 Å². The van der Waals surface area contributed by atoms with Gasteiger partial charge in [0.2, 0.25) is 0 Å². The van der Waals surface area contributed by atoms with Gasteiger partial charge in [0.15, 0.2) is 0 Å². The SMILES string of the molecule is CN(C)CCCN(C)CC(O)CNC1CC1. The fraction of sp³-hybridized carbons (Fsp3) is 1.00. The standard InChI is InChI=1S/C12H27N3O/c1-14(2)7-4-8-15(3)10-12(16)9-13-11-5-6-11/h11-13,16H,4-10H2,1-3H3. The van der Waals surface area contributed by atoms with Gasteiger partial charge in [0.05, 0.1) is 6.10 Å². The molecule has 1 fully saturated rings. The molecule has 4 nitrogen and oxygen atoms in total. The Hall–Kier alpha value is -0.160. The van der Waals surface area contributed by atoms with Gasteiger partial charge in [0.25, 0.3) is 0 Å². The molecule has 16 heavy (non-hydrogen) atoms. The maximum absolute atomic E-state index is 9.79. The Kier molecular flexibility index (Phi) is 6.28. The first kappa shape index (κ1) is 13.9. The lowest BCUT2D eigenvalue weighted by molar-refractivity contribution is 0.122. The number of nitrogens with one attached hydrogen (secondary N) is 1. The fourth-order valence-electron chi connectivity index (χ4n) is 1.76. The van der Waals surface area contributed by atoms with Gasteiger partial charge in [0, 0.05) is 19.1 Å². The van der Waals surface area contributed by atoms with E-state index in [1.807, 2.05) is 0 Å². The van der Waals surface area contributed by atoms with Gasteiger partial charge in [-0.05, 0) is 53.5 Å². The van der Waals surface area contributed by atoms with Gasteiger partial charge in [-0.3, -0.25) is 0 Å². The van der Waals surface area contributed by atoms with E-state index in [9.17, 15) is 5.11 Å². The molecule has 1 saturated carbocycles. The molecule has 1 atom stereocenters. The van der Waals surface area contributed by atoms with Crippen LogP contribution in [0.5, 0.6) is 0 Å². The summed E-state index contributed by atoms with van der Waals surface area (Å²) in [6.07, 6.45) is 3.49. The van der Waals surface area contributed by atoms with Gasteiger partial charge in [-0.1, -0.05) is 0 Å². The van der Waals surface area contributed by atoms with E-state index >= 15 is 0 Å². The highest BCUT2D eigenvalue weighted by Crippen LogP contribution is 2.18. The average Bonchev–Trinajstić information content (AvgIpc) is 2.97. The molecular weight excluding hydrogens is 202 g/mol. The molecule has 0 aromatic carbocycles. The zero-order valence-corrected chi connectivity index (χ0v) is 10.9. The lowest BCUT2D eigenvalue weighted by Crippen LogP contribution is -2.38. The molecule has 96 valence electrons. The van der Waals surface area contributed by atoms with E-state index in [4.69, 9.17) is 0 Å². The van der Waals surface area contributed by atoms with Crippen molar-refractivity contribution >= 4 is 0 Å². The second kappa shape index (κ2) is 7.22. The molecule has 1 aliphatic carbocycles. The van der Waals surface area contributed by atoms with Crippen LogP contribution in [0, 0.1) is 0 Å². The Morgan fingerprint density at radius 3 is 2.50 bits per heavy atom. The minimum absolute atomic E-state index is 0.232. The largest absolute Gasteiger partial charge is 0.390 e. The Bertz CT molecular complexity index is 183. The van der Waals surface area contributed by atoms with Crippen LogP contribution in [0.3, 0.4) is 0 Å². The summed E-state index contributed by atoms with van der Waals surface area (Å²) in [6.45, 7) is 3.68. The molecule has 0 spiro atoms. The monoisotopic (exact) mass is 229 g/mol. The van der Waals surface area contributed by atoms with Crippen LogP contribution in [-0.2, 0) is 0 Å². The maximum atomic E-state index is 9.79. The molecule has 0 aromatic heterocycles. The molecule has 0 saturated heterocycles. The van der Waals surface area contributed by atoms with Crippen LogP contribution in [0.15, 0.2) is 0 Å². The van der Waals surface area contributed by atoms with Gasteiger partial charge in [0.1, 0.15) is 0 Å². The summed E-state index contributed by atoms with van der Waals surface area (Å²) in [7, 11) is 6.26. The van der Waals surface area contributed by atoms with Crippen LogP contribution in [0.2, 0.25) is 0 Å². The maximum Gasteiger partial charge on any atom is 0.0791 e. The second-order valence-corrected chi connectivity index (χ2v) is 5.26. The normalized spacial score (nSPS) is 18.4. The van der Waals surface area contributed by atoms with Crippen molar-refractivity contribution < 1.29 is 5.11 Å². The summed E-state index contributed by atoms with van der Waals surface area (Å²) in [4.78, 5) is 4.40. The Balaban J connectivity index is 1.95. The first-order valence-electron chi connectivity index (χ1n) is 6.32. The first-order valence-corrected chi connectivity index (χ1v) is 6.32. The third-order valence-corrected chi connectivity index (χ3v) is 2.89. The lowest BCUT2D eigenvalue weighted by Gasteiger charge is -2.21. The highest BCUT2D eigenvalue weighted by Gasteiger charge is 2.21. The van der Waals surface area contributed by atoms with Crippen molar-refractivity contribution in [2.45, 2.75) is 31.4 Å². The van der Waals surface area contributed by atoms with Crippen molar-refractivity contribution in [3.8, 4) is 0 Å². The summed E-state index contributed by atoms with van der Waals surface area (Å²) in [5.41, 5.74) is 0. The smallest absolute Gasteiger partial charge is 0.0791 e. The summed E-state index contributed by atoms with van der Waals surface area (Å²) in [6, 6.07) is 0.689. The average molecular weight is 229 g/mol. The molecule has 0 radical (unpaired) electrons. The molecule has 0 aliphatic heterocycles. The molecule has 0 heterocycles. The van der Waals surface area contributed by atoms with Crippen LogP contribution >= 0.6 is 0 Å². The van der Waals surface area contributed by atoms with E-state index in [2.05, 4.69) is 36.3 Å². The summed E-state index contributed by atoms with van der Waals surface area (Å²) in [5.74, 6) is 0. The van der Waals surface area contributed by atoms with Gasteiger partial charge in [-0.15, -0.1) is 0 Å². The molecule has 1 unspecified atom stereocenters. The second-order valence-electron chi connectivity index (χ2n) is 5.26. The molecule has 1 rings (SSSR count). The third kappa shape index (κ3) is 7.17. The summed E-state index contributed by atoms with van der Waals surface area (Å²) in [5, 5.41) is 13.1. The fourth-order valence-corrected chi connectivity index (χ4v) is 1.76. The lowest BCUT2D eigenvalue weighted by atomic mass is 10.3. The highest BCUT2D eigenvalue weighted by atomic mass is 16.3. The molecular formula is C12H27N3O. The van der Waals surface area contributed by atoms with Crippen molar-refractivity contribution in [2.75, 3.05) is 47.3 Å². The number of rotatable bonds is 9. The molecule has 0 amide bonds. The van der Waals surface area contributed by atoms with E-state index in [0.29, 0.717) is 6.04 Å². The van der Waals surface area contributed by atoms with Crippen molar-refractivity contribution in [3.05, 3.63) is 0 Å². The number of aliphatic hydroxyl groups is 1. The Labute approximate surface area is 99.6 Å². The predicted octanol–water partition coefficient (Wildman–Crippen LogP) is -0.0172. The van der Waals surface area contributed by atoms with E-state index in [-0.39, 0.29) is 6.10 Å². The van der Waals surface area contributed by atoms with Crippen molar-refractivity contribution in [2.24, 2.45) is 0 Å². The van der Waals surface area contributed by atoms with Crippen LogP contribution < -0.4 is 5.32 Å². The van der Waals surface area contributed by atoms with Crippen molar-refractivity contribution in [3.63, 3.8) is 0 Å². The number of likely N-dealkylation sites (N-methyl/N-ethyl adjacent to an activating group) is 1.